The van der Waals surface area contributed by atoms with Crippen molar-refractivity contribution in [2.24, 2.45) is 0 Å². The third-order valence-electron chi connectivity index (χ3n) is 3.99. The van der Waals surface area contributed by atoms with Gasteiger partial charge in [0.05, 0.1) is 5.69 Å². The molecule has 2 N–H and O–H groups in total. The molecule has 1 aliphatic rings. The van der Waals surface area contributed by atoms with Gasteiger partial charge in [0.25, 0.3) is 5.91 Å². The molecule has 6 heteroatoms. The van der Waals surface area contributed by atoms with Gasteiger partial charge in [0.15, 0.2) is 5.69 Å². The van der Waals surface area contributed by atoms with Crippen molar-refractivity contribution in [3.63, 3.8) is 0 Å². The largest absolute Gasteiger partial charge is 0.351 e. The van der Waals surface area contributed by atoms with Crippen molar-refractivity contribution in [2.75, 3.05) is 39.3 Å². The van der Waals surface area contributed by atoms with Crippen molar-refractivity contribution >= 4 is 5.91 Å². The number of carbonyl (C=O) groups is 1. The zero-order valence-corrected chi connectivity index (χ0v) is 13.2. The monoisotopic (exact) mass is 313 g/mol. The van der Waals surface area contributed by atoms with Crippen LogP contribution >= 0.6 is 0 Å². The summed E-state index contributed by atoms with van der Waals surface area (Å²) in [5, 5.41) is 10.6. The Labute approximate surface area is 136 Å². The molecule has 3 rings (SSSR count). The quantitative estimate of drug-likeness (QED) is 0.778. The van der Waals surface area contributed by atoms with Crippen LogP contribution < -0.4 is 10.6 Å². The minimum absolute atomic E-state index is 0.111. The number of piperazine rings is 1. The van der Waals surface area contributed by atoms with Gasteiger partial charge < -0.3 is 15.5 Å². The average Bonchev–Trinajstić information content (AvgIpc) is 3.10. The summed E-state index contributed by atoms with van der Waals surface area (Å²) >= 11 is 0. The first-order chi connectivity index (χ1) is 11.3. The highest BCUT2D eigenvalue weighted by atomic mass is 16.1. The number of nitrogens with one attached hydrogen (secondary N) is 2. The number of rotatable bonds is 6. The van der Waals surface area contributed by atoms with Crippen LogP contribution in [0.25, 0.3) is 5.69 Å². The Morgan fingerprint density at radius 1 is 1.17 bits per heavy atom. The first-order valence-corrected chi connectivity index (χ1v) is 8.15. The fourth-order valence-electron chi connectivity index (χ4n) is 2.70. The number of aromatic nitrogens is 2. The van der Waals surface area contributed by atoms with Crippen molar-refractivity contribution in [3.05, 3.63) is 48.3 Å². The number of benzene rings is 1. The third kappa shape index (κ3) is 4.40. The number of para-hydroxylation sites is 1. The molecule has 2 aromatic rings. The summed E-state index contributed by atoms with van der Waals surface area (Å²) < 4.78 is 1.72. The van der Waals surface area contributed by atoms with E-state index in [0.29, 0.717) is 12.2 Å². The van der Waals surface area contributed by atoms with Crippen LogP contribution in [0.15, 0.2) is 42.6 Å². The van der Waals surface area contributed by atoms with Crippen LogP contribution in [0.3, 0.4) is 0 Å². The maximum atomic E-state index is 12.1. The minimum atomic E-state index is -0.111. The molecule has 1 fully saturated rings. The van der Waals surface area contributed by atoms with Gasteiger partial charge in [-0.05, 0) is 31.2 Å². The van der Waals surface area contributed by atoms with Crippen LogP contribution in [-0.4, -0.2) is 59.9 Å². The van der Waals surface area contributed by atoms with E-state index in [1.54, 1.807) is 10.7 Å². The maximum absolute atomic E-state index is 12.1. The van der Waals surface area contributed by atoms with Gasteiger partial charge in [-0.2, -0.15) is 5.10 Å². The number of nitrogens with zero attached hydrogens (tertiary/aromatic N) is 3. The van der Waals surface area contributed by atoms with E-state index in [0.717, 1.165) is 44.8 Å². The summed E-state index contributed by atoms with van der Waals surface area (Å²) in [6.45, 7) is 6.01. The Kier molecular flexibility index (Phi) is 5.39. The van der Waals surface area contributed by atoms with E-state index in [1.807, 2.05) is 36.5 Å². The highest BCUT2D eigenvalue weighted by Gasteiger charge is 2.11. The lowest BCUT2D eigenvalue weighted by atomic mass is 10.3. The topological polar surface area (TPSA) is 62.2 Å². The molecule has 23 heavy (non-hydrogen) atoms. The molecule has 0 saturated carbocycles. The van der Waals surface area contributed by atoms with Crippen LogP contribution in [-0.2, 0) is 0 Å². The SMILES string of the molecule is O=C(NCCCN1CCNCC1)c1ccn(-c2ccccc2)n1. The van der Waals surface area contributed by atoms with Crippen molar-refractivity contribution < 1.29 is 4.79 Å². The summed E-state index contributed by atoms with van der Waals surface area (Å²) in [5.41, 5.74) is 1.40. The van der Waals surface area contributed by atoms with Gasteiger partial charge in [0, 0.05) is 38.9 Å². The molecule has 0 unspecified atom stereocenters. The highest BCUT2D eigenvalue weighted by Crippen LogP contribution is 2.06. The zero-order valence-electron chi connectivity index (χ0n) is 13.2. The second-order valence-electron chi connectivity index (χ2n) is 5.68. The van der Waals surface area contributed by atoms with Gasteiger partial charge in [-0.3, -0.25) is 4.79 Å². The molecule has 1 saturated heterocycles. The first kappa shape index (κ1) is 15.7. The van der Waals surface area contributed by atoms with E-state index in [1.165, 1.54) is 0 Å². The number of amides is 1. The molecule has 122 valence electrons. The van der Waals surface area contributed by atoms with Gasteiger partial charge in [0.1, 0.15) is 0 Å². The molecule has 1 aromatic heterocycles. The molecule has 6 nitrogen and oxygen atoms in total. The normalized spacial score (nSPS) is 15.5. The second kappa shape index (κ2) is 7.89. The fraction of sp³-hybridized carbons (Fsp3) is 0.412. The smallest absolute Gasteiger partial charge is 0.271 e. The van der Waals surface area contributed by atoms with Crippen LogP contribution in [0.2, 0.25) is 0 Å². The molecular formula is C17H23N5O. The van der Waals surface area contributed by atoms with Gasteiger partial charge in [0.2, 0.25) is 0 Å². The van der Waals surface area contributed by atoms with E-state index in [9.17, 15) is 4.79 Å². The Bertz CT molecular complexity index is 619. The van der Waals surface area contributed by atoms with E-state index in [2.05, 4.69) is 20.6 Å². The molecule has 0 bridgehead atoms. The van der Waals surface area contributed by atoms with Crippen molar-refractivity contribution in [1.82, 2.24) is 25.3 Å². The molecule has 1 aliphatic heterocycles. The van der Waals surface area contributed by atoms with Crippen molar-refractivity contribution in [3.8, 4) is 5.69 Å². The lowest BCUT2D eigenvalue weighted by Gasteiger charge is -2.26. The Morgan fingerprint density at radius 3 is 2.74 bits per heavy atom. The third-order valence-corrected chi connectivity index (χ3v) is 3.99. The summed E-state index contributed by atoms with van der Waals surface area (Å²) in [6, 6.07) is 11.5. The lowest BCUT2D eigenvalue weighted by Crippen LogP contribution is -2.44. The molecule has 2 heterocycles. The zero-order chi connectivity index (χ0) is 15.9. The number of carbonyl (C=O) groups excluding carboxylic acids is 1. The molecule has 1 amide bonds. The molecule has 0 atom stereocenters. The van der Waals surface area contributed by atoms with Crippen LogP contribution in [0.4, 0.5) is 0 Å². The molecule has 1 aromatic carbocycles. The first-order valence-electron chi connectivity index (χ1n) is 8.15. The predicted octanol–water partition coefficient (Wildman–Crippen LogP) is 0.897. The highest BCUT2D eigenvalue weighted by molar-refractivity contribution is 5.92. The van der Waals surface area contributed by atoms with Gasteiger partial charge in [-0.15, -0.1) is 0 Å². The van der Waals surface area contributed by atoms with Gasteiger partial charge >= 0.3 is 0 Å². The maximum Gasteiger partial charge on any atom is 0.271 e. The van der Waals surface area contributed by atoms with Crippen molar-refractivity contribution in [1.29, 1.82) is 0 Å². The molecule has 0 aliphatic carbocycles. The van der Waals surface area contributed by atoms with E-state index in [-0.39, 0.29) is 5.91 Å². The Morgan fingerprint density at radius 2 is 1.96 bits per heavy atom. The second-order valence-corrected chi connectivity index (χ2v) is 5.68. The van der Waals surface area contributed by atoms with Crippen LogP contribution in [0.1, 0.15) is 16.9 Å². The number of hydrogen-bond donors (Lipinski definition) is 2. The number of hydrogen-bond acceptors (Lipinski definition) is 4. The predicted molar refractivity (Wildman–Crippen MR) is 89.8 cm³/mol. The average molecular weight is 313 g/mol. The van der Waals surface area contributed by atoms with E-state index < -0.39 is 0 Å². The minimum Gasteiger partial charge on any atom is -0.351 e. The van der Waals surface area contributed by atoms with Crippen molar-refractivity contribution in [2.45, 2.75) is 6.42 Å². The lowest BCUT2D eigenvalue weighted by molar-refractivity contribution is 0.0946. The van der Waals surface area contributed by atoms with Gasteiger partial charge in [-0.25, -0.2) is 4.68 Å². The summed E-state index contributed by atoms with van der Waals surface area (Å²) in [6.07, 6.45) is 2.77. The Hall–Kier alpha value is -2.18. The molecular weight excluding hydrogens is 290 g/mol. The van der Waals surface area contributed by atoms with E-state index >= 15 is 0 Å². The van der Waals surface area contributed by atoms with Crippen LogP contribution in [0, 0.1) is 0 Å². The Balaban J connectivity index is 1.44. The van der Waals surface area contributed by atoms with E-state index in [4.69, 9.17) is 0 Å². The molecule has 0 radical (unpaired) electrons. The summed E-state index contributed by atoms with van der Waals surface area (Å²) in [7, 11) is 0. The van der Waals surface area contributed by atoms with Crippen LogP contribution in [0.5, 0.6) is 0 Å². The standard InChI is InChI=1S/C17H23N5O/c23-17(19-8-4-11-21-13-9-18-10-14-21)16-7-12-22(20-16)15-5-2-1-3-6-15/h1-3,5-7,12,18H,4,8-11,13-14H2,(H,19,23). The van der Waals surface area contributed by atoms with Gasteiger partial charge in [-0.1, -0.05) is 18.2 Å². The molecule has 0 spiro atoms. The summed E-state index contributed by atoms with van der Waals surface area (Å²) in [5.74, 6) is -0.111. The fourth-order valence-corrected chi connectivity index (χ4v) is 2.70. The summed E-state index contributed by atoms with van der Waals surface area (Å²) in [4.78, 5) is 14.6.